The predicted octanol–water partition coefficient (Wildman–Crippen LogP) is -2.12. The summed E-state index contributed by atoms with van der Waals surface area (Å²) >= 11 is 0. The van der Waals surface area contributed by atoms with E-state index in [9.17, 15) is 28.6 Å². The van der Waals surface area contributed by atoms with Gasteiger partial charge in [-0.3, -0.25) is 4.57 Å². The normalized spacial score (nSPS) is 27.5. The number of carbonyl (C=O) groups excluding carboxylic acids is 1. The molecule has 116 valence electrons. The van der Waals surface area contributed by atoms with E-state index < -0.39 is 48.6 Å². The van der Waals surface area contributed by atoms with Crippen LogP contribution in [0.1, 0.15) is 6.23 Å². The van der Waals surface area contributed by atoms with Crippen molar-refractivity contribution < 1.29 is 33.6 Å². The second-order valence-corrected chi connectivity index (χ2v) is 4.24. The maximum Gasteiger partial charge on any atom is 0.351 e. The van der Waals surface area contributed by atoms with Crippen molar-refractivity contribution in [2.75, 3.05) is 11.9 Å². The molecule has 2 heterocycles. The largest absolute Gasteiger partial charge is 0.530 e. The van der Waals surface area contributed by atoms with E-state index in [-0.39, 0.29) is 0 Å². The van der Waals surface area contributed by atoms with Gasteiger partial charge in [-0.25, -0.2) is 4.79 Å². The molecule has 0 radical (unpaired) electrons. The Morgan fingerprint density at radius 2 is 2.29 bits per heavy atom. The SMILES string of the molecule is O=C([O-])Nc1ccn(C2OC(CO)C(O)C2(F)F)c(=O)n1. The molecular weight excluding hydrogens is 296 g/mol. The highest BCUT2D eigenvalue weighted by Gasteiger charge is 2.59. The minimum atomic E-state index is -3.83. The summed E-state index contributed by atoms with van der Waals surface area (Å²) in [6.07, 6.45) is -6.91. The van der Waals surface area contributed by atoms with Crippen LogP contribution in [0.15, 0.2) is 17.1 Å². The molecule has 0 aromatic carbocycles. The number of carboxylic acid groups (broad SMARTS) is 1. The summed E-state index contributed by atoms with van der Waals surface area (Å²) in [5.74, 6) is -4.24. The number of aliphatic hydroxyl groups excluding tert-OH is 2. The number of amides is 1. The van der Waals surface area contributed by atoms with Crippen LogP contribution in [0.2, 0.25) is 0 Å². The molecule has 3 atom stereocenters. The van der Waals surface area contributed by atoms with Crippen molar-refractivity contribution in [1.82, 2.24) is 9.55 Å². The third-order valence-corrected chi connectivity index (χ3v) is 2.87. The first kappa shape index (κ1) is 15.3. The van der Waals surface area contributed by atoms with Crippen LogP contribution in [0.3, 0.4) is 0 Å². The van der Waals surface area contributed by atoms with Crippen molar-refractivity contribution in [2.45, 2.75) is 24.4 Å². The fourth-order valence-electron chi connectivity index (χ4n) is 1.88. The number of alkyl halides is 2. The molecule has 3 unspecified atom stereocenters. The van der Waals surface area contributed by atoms with Crippen LogP contribution < -0.4 is 16.1 Å². The third-order valence-electron chi connectivity index (χ3n) is 2.87. The number of rotatable bonds is 3. The van der Waals surface area contributed by atoms with Crippen molar-refractivity contribution in [3.8, 4) is 0 Å². The molecule has 1 aromatic heterocycles. The second kappa shape index (κ2) is 5.35. The number of aromatic nitrogens is 2. The van der Waals surface area contributed by atoms with Gasteiger partial charge < -0.3 is 30.2 Å². The first-order valence-electron chi connectivity index (χ1n) is 5.66. The Hall–Kier alpha value is -2.11. The number of halogens is 2. The van der Waals surface area contributed by atoms with E-state index in [0.29, 0.717) is 4.57 Å². The molecule has 2 rings (SSSR count). The number of ether oxygens (including phenoxy) is 1. The molecule has 1 amide bonds. The minimum absolute atomic E-state index is 0.388. The van der Waals surface area contributed by atoms with Crippen molar-refractivity contribution in [3.63, 3.8) is 0 Å². The van der Waals surface area contributed by atoms with Gasteiger partial charge in [-0.05, 0) is 6.07 Å². The van der Waals surface area contributed by atoms with Gasteiger partial charge in [-0.1, -0.05) is 0 Å². The molecule has 0 spiro atoms. The van der Waals surface area contributed by atoms with E-state index in [1.165, 1.54) is 0 Å². The van der Waals surface area contributed by atoms with Crippen LogP contribution in [0.4, 0.5) is 19.4 Å². The van der Waals surface area contributed by atoms with Crippen LogP contribution in [0, 0.1) is 0 Å². The maximum absolute atomic E-state index is 13.8. The zero-order chi connectivity index (χ0) is 15.8. The second-order valence-electron chi connectivity index (χ2n) is 4.24. The van der Waals surface area contributed by atoms with Crippen molar-refractivity contribution in [3.05, 3.63) is 22.7 Å². The monoisotopic (exact) mass is 306 g/mol. The van der Waals surface area contributed by atoms with Gasteiger partial charge >= 0.3 is 11.6 Å². The first-order chi connectivity index (χ1) is 9.77. The van der Waals surface area contributed by atoms with E-state index >= 15 is 0 Å². The number of nitrogens with zero attached hydrogens (tertiary/aromatic N) is 2. The summed E-state index contributed by atoms with van der Waals surface area (Å²) in [6, 6.07) is 0.940. The van der Waals surface area contributed by atoms with Crippen LogP contribution in [-0.2, 0) is 4.74 Å². The lowest BCUT2D eigenvalue weighted by molar-refractivity contribution is -0.242. The molecule has 21 heavy (non-hydrogen) atoms. The summed E-state index contributed by atoms with van der Waals surface area (Å²) in [6.45, 7) is -0.861. The highest BCUT2D eigenvalue weighted by molar-refractivity contribution is 5.79. The van der Waals surface area contributed by atoms with E-state index in [0.717, 1.165) is 12.3 Å². The number of hydrogen-bond donors (Lipinski definition) is 3. The quantitative estimate of drug-likeness (QED) is 0.581. The van der Waals surface area contributed by atoms with Gasteiger partial charge in [-0.15, -0.1) is 0 Å². The average Bonchev–Trinajstić information content (AvgIpc) is 2.61. The fourth-order valence-corrected chi connectivity index (χ4v) is 1.88. The number of carbonyl (C=O) groups is 1. The lowest BCUT2D eigenvalue weighted by atomic mass is 10.1. The van der Waals surface area contributed by atoms with Crippen molar-refractivity contribution in [2.24, 2.45) is 0 Å². The summed E-state index contributed by atoms with van der Waals surface area (Å²) in [5, 5.41) is 30.1. The van der Waals surface area contributed by atoms with Gasteiger partial charge in [-0.2, -0.15) is 13.8 Å². The van der Waals surface area contributed by atoms with Gasteiger partial charge in [0.2, 0.25) is 6.23 Å². The van der Waals surface area contributed by atoms with Gasteiger partial charge in [0.25, 0.3) is 0 Å². The molecule has 0 saturated carbocycles. The highest BCUT2D eigenvalue weighted by atomic mass is 19.3. The Labute approximate surface area is 115 Å². The molecule has 0 bridgehead atoms. The van der Waals surface area contributed by atoms with Crippen LogP contribution >= 0.6 is 0 Å². The maximum atomic E-state index is 13.8. The van der Waals surface area contributed by atoms with Gasteiger partial charge in [0, 0.05) is 6.20 Å². The molecule has 3 N–H and O–H groups in total. The number of nitrogens with one attached hydrogen (secondary N) is 1. The van der Waals surface area contributed by atoms with Gasteiger partial charge in [0.15, 0.2) is 6.10 Å². The fraction of sp³-hybridized carbons (Fsp3) is 0.500. The summed E-state index contributed by atoms with van der Waals surface area (Å²) in [4.78, 5) is 25.1. The molecule has 0 aliphatic carbocycles. The lowest BCUT2D eigenvalue weighted by Crippen LogP contribution is -2.42. The van der Waals surface area contributed by atoms with E-state index in [4.69, 9.17) is 9.84 Å². The zero-order valence-corrected chi connectivity index (χ0v) is 10.3. The Balaban J connectivity index is 2.34. The molecular formula is C10H10F2N3O6-. The Morgan fingerprint density at radius 1 is 1.62 bits per heavy atom. The van der Waals surface area contributed by atoms with Crippen LogP contribution in [0.5, 0.6) is 0 Å². The predicted molar refractivity (Wildman–Crippen MR) is 59.5 cm³/mol. The van der Waals surface area contributed by atoms with E-state index in [2.05, 4.69) is 4.98 Å². The summed E-state index contributed by atoms with van der Waals surface area (Å²) < 4.78 is 32.8. The topological polar surface area (TPSA) is 137 Å². The van der Waals surface area contributed by atoms with E-state index in [1.807, 2.05) is 0 Å². The van der Waals surface area contributed by atoms with Crippen LogP contribution in [-0.4, -0.2) is 50.6 Å². The molecule has 1 aliphatic rings. The van der Waals surface area contributed by atoms with Gasteiger partial charge in [0.1, 0.15) is 18.0 Å². The molecule has 9 nitrogen and oxygen atoms in total. The number of anilines is 1. The van der Waals surface area contributed by atoms with Crippen LogP contribution in [0.25, 0.3) is 0 Å². The van der Waals surface area contributed by atoms with Crippen molar-refractivity contribution >= 4 is 11.9 Å². The van der Waals surface area contributed by atoms with E-state index in [1.54, 1.807) is 5.32 Å². The summed E-state index contributed by atoms with van der Waals surface area (Å²) in [5.41, 5.74) is -1.23. The average molecular weight is 306 g/mol. The number of aliphatic hydroxyl groups is 2. The Kier molecular flexibility index (Phi) is 3.89. The third kappa shape index (κ3) is 2.70. The highest BCUT2D eigenvalue weighted by Crippen LogP contribution is 2.41. The Bertz CT molecular complexity index is 607. The minimum Gasteiger partial charge on any atom is -0.530 e. The van der Waals surface area contributed by atoms with Crippen molar-refractivity contribution in [1.29, 1.82) is 0 Å². The molecule has 1 fully saturated rings. The molecule has 11 heteroatoms. The smallest absolute Gasteiger partial charge is 0.351 e. The molecule has 1 saturated heterocycles. The lowest BCUT2D eigenvalue weighted by Gasteiger charge is -2.21. The Morgan fingerprint density at radius 3 is 2.76 bits per heavy atom. The zero-order valence-electron chi connectivity index (χ0n) is 10.3. The molecule has 1 aromatic rings. The summed E-state index contributed by atoms with van der Waals surface area (Å²) in [7, 11) is 0. The number of hydrogen-bond acceptors (Lipinski definition) is 7. The first-order valence-corrected chi connectivity index (χ1v) is 5.66. The standard InChI is InChI=1S/C10H11F2N3O6/c11-10(12)6(17)4(3-16)21-7(10)15-2-1-5(13-8(15)18)14-9(19)20/h1-2,4,6-7,16-17H,3H2,(H,19,20)(H,13,14,18)/p-1. The molecule has 1 aliphatic heterocycles. The van der Waals surface area contributed by atoms with Gasteiger partial charge in [0.05, 0.1) is 6.61 Å².